The number of fused-ring (bicyclic) bond motifs is 1. The number of H-pyrrole nitrogens is 1. The van der Waals surface area contributed by atoms with E-state index in [9.17, 15) is 14.4 Å². The first-order valence-electron chi connectivity index (χ1n) is 8.96. The van der Waals surface area contributed by atoms with Gasteiger partial charge < -0.3 is 20.9 Å². The quantitative estimate of drug-likeness (QED) is 0.530. The van der Waals surface area contributed by atoms with Crippen LogP contribution in [0.1, 0.15) is 29.8 Å². The van der Waals surface area contributed by atoms with Crippen LogP contribution < -0.4 is 16.0 Å². The van der Waals surface area contributed by atoms with Gasteiger partial charge in [0.15, 0.2) is 0 Å². The third-order valence-corrected chi connectivity index (χ3v) is 4.19. The first-order chi connectivity index (χ1) is 13.4. The van der Waals surface area contributed by atoms with Crippen LogP contribution in [0.2, 0.25) is 0 Å². The molecule has 0 aliphatic carbocycles. The van der Waals surface area contributed by atoms with Crippen LogP contribution in [0, 0.1) is 0 Å². The molecule has 7 heteroatoms. The zero-order chi connectivity index (χ0) is 20.1. The van der Waals surface area contributed by atoms with Crippen LogP contribution in [0.5, 0.6) is 0 Å². The van der Waals surface area contributed by atoms with Gasteiger partial charge in [-0.1, -0.05) is 18.2 Å². The molecular formula is C21H22N4O3. The van der Waals surface area contributed by atoms with Crippen LogP contribution >= 0.6 is 0 Å². The van der Waals surface area contributed by atoms with E-state index in [2.05, 4.69) is 20.9 Å². The summed E-state index contributed by atoms with van der Waals surface area (Å²) in [6, 6.07) is 12.8. The molecule has 0 aliphatic heterocycles. The molecule has 4 N–H and O–H groups in total. The smallest absolute Gasteiger partial charge is 0.251 e. The Morgan fingerprint density at radius 2 is 1.57 bits per heavy atom. The molecule has 1 heterocycles. The highest BCUT2D eigenvalue weighted by Gasteiger charge is 2.11. The molecule has 0 atom stereocenters. The minimum absolute atomic E-state index is 0.259. The minimum atomic E-state index is -0.279. The molecule has 3 amide bonds. The fourth-order valence-corrected chi connectivity index (χ4v) is 3.06. The summed E-state index contributed by atoms with van der Waals surface area (Å²) >= 11 is 0. The summed E-state index contributed by atoms with van der Waals surface area (Å²) in [4.78, 5) is 38.5. The zero-order valence-electron chi connectivity index (χ0n) is 15.8. The second kappa shape index (κ2) is 8.39. The Labute approximate surface area is 162 Å². The van der Waals surface area contributed by atoms with Gasteiger partial charge in [-0.15, -0.1) is 0 Å². The van der Waals surface area contributed by atoms with Crippen LogP contribution in [0.4, 0.5) is 11.4 Å². The summed E-state index contributed by atoms with van der Waals surface area (Å²) in [5.41, 5.74) is 3.43. The molecule has 0 spiro atoms. The Hall–Kier alpha value is -3.61. The maximum Gasteiger partial charge on any atom is 0.251 e. The molecule has 7 nitrogen and oxygen atoms in total. The van der Waals surface area contributed by atoms with Gasteiger partial charge in [-0.25, -0.2) is 0 Å². The fourth-order valence-electron chi connectivity index (χ4n) is 3.06. The normalized spacial score (nSPS) is 10.5. The Balaban J connectivity index is 1.70. The lowest BCUT2D eigenvalue weighted by Gasteiger charge is -2.11. The Morgan fingerprint density at radius 1 is 0.929 bits per heavy atom. The lowest BCUT2D eigenvalue weighted by Crippen LogP contribution is -2.26. The first-order valence-corrected chi connectivity index (χ1v) is 8.96. The molecule has 0 aliphatic rings. The van der Waals surface area contributed by atoms with Gasteiger partial charge in [-0.3, -0.25) is 14.4 Å². The minimum Gasteiger partial charge on any atom is -0.361 e. The number of amides is 3. The van der Waals surface area contributed by atoms with Crippen molar-refractivity contribution in [2.75, 3.05) is 17.2 Å². The van der Waals surface area contributed by atoms with Gasteiger partial charge in [0.1, 0.15) is 0 Å². The number of para-hydroxylation sites is 1. The third-order valence-electron chi connectivity index (χ3n) is 4.19. The summed E-state index contributed by atoms with van der Waals surface area (Å²) in [7, 11) is 0. The number of carbonyl (C=O) groups excluding carboxylic acids is 3. The molecule has 2 aromatic carbocycles. The van der Waals surface area contributed by atoms with E-state index in [1.165, 1.54) is 13.8 Å². The predicted molar refractivity (Wildman–Crippen MR) is 109 cm³/mol. The van der Waals surface area contributed by atoms with Gasteiger partial charge in [0.2, 0.25) is 11.8 Å². The number of hydrogen-bond donors (Lipinski definition) is 4. The highest BCUT2D eigenvalue weighted by atomic mass is 16.2. The second-order valence-electron chi connectivity index (χ2n) is 6.53. The van der Waals surface area contributed by atoms with E-state index in [1.807, 2.05) is 30.5 Å². The monoisotopic (exact) mass is 378 g/mol. The van der Waals surface area contributed by atoms with Crippen molar-refractivity contribution >= 4 is 40.0 Å². The van der Waals surface area contributed by atoms with E-state index in [4.69, 9.17) is 0 Å². The van der Waals surface area contributed by atoms with E-state index in [1.54, 1.807) is 18.2 Å². The molecule has 0 saturated carbocycles. The molecule has 0 fully saturated rings. The molecule has 0 radical (unpaired) electrons. The zero-order valence-corrected chi connectivity index (χ0v) is 15.8. The summed E-state index contributed by atoms with van der Waals surface area (Å²) in [6.45, 7) is 3.22. The van der Waals surface area contributed by atoms with Gasteiger partial charge in [0, 0.05) is 54.4 Å². The largest absolute Gasteiger partial charge is 0.361 e. The lowest BCUT2D eigenvalue weighted by molar-refractivity contribution is -0.115. The predicted octanol–water partition coefficient (Wildman–Crippen LogP) is 3.06. The maximum absolute atomic E-state index is 12.6. The highest BCUT2D eigenvalue weighted by molar-refractivity contribution is 6.00. The average Bonchev–Trinajstić information content (AvgIpc) is 3.03. The number of carbonyl (C=O) groups is 3. The topological polar surface area (TPSA) is 103 Å². The van der Waals surface area contributed by atoms with Crippen molar-refractivity contribution < 1.29 is 14.4 Å². The number of aromatic amines is 1. The van der Waals surface area contributed by atoms with Crippen LogP contribution in [-0.4, -0.2) is 29.3 Å². The van der Waals surface area contributed by atoms with Crippen molar-refractivity contribution in [1.29, 1.82) is 0 Å². The number of rotatable bonds is 6. The average molecular weight is 378 g/mol. The van der Waals surface area contributed by atoms with Crippen molar-refractivity contribution in [3.63, 3.8) is 0 Å². The third kappa shape index (κ3) is 4.76. The van der Waals surface area contributed by atoms with Crippen molar-refractivity contribution in [2.24, 2.45) is 0 Å². The molecule has 0 bridgehead atoms. The Morgan fingerprint density at radius 3 is 2.21 bits per heavy atom. The number of anilines is 2. The molecule has 0 saturated heterocycles. The van der Waals surface area contributed by atoms with Gasteiger partial charge in [0.05, 0.1) is 0 Å². The van der Waals surface area contributed by atoms with Gasteiger partial charge in [-0.05, 0) is 36.2 Å². The van der Waals surface area contributed by atoms with Crippen molar-refractivity contribution in [3.8, 4) is 0 Å². The van der Waals surface area contributed by atoms with Gasteiger partial charge in [0.25, 0.3) is 5.91 Å². The molecule has 3 rings (SSSR count). The van der Waals surface area contributed by atoms with Crippen LogP contribution in [0.3, 0.4) is 0 Å². The Bertz CT molecular complexity index is 1000. The molecule has 3 aromatic rings. The molecule has 28 heavy (non-hydrogen) atoms. The van der Waals surface area contributed by atoms with E-state index in [0.717, 1.165) is 16.5 Å². The standard InChI is InChI=1S/C21H22N4O3/c1-13(26)24-17-9-16(10-18(11-17)25-14(2)27)21(28)22-8-7-15-12-23-20-6-4-3-5-19(15)20/h3-6,9-12,23H,7-8H2,1-2H3,(H,22,28)(H,24,26)(H,25,27). The van der Waals surface area contributed by atoms with Crippen molar-refractivity contribution in [1.82, 2.24) is 10.3 Å². The van der Waals surface area contributed by atoms with E-state index < -0.39 is 0 Å². The molecule has 1 aromatic heterocycles. The second-order valence-corrected chi connectivity index (χ2v) is 6.53. The van der Waals surface area contributed by atoms with Gasteiger partial charge >= 0.3 is 0 Å². The SMILES string of the molecule is CC(=O)Nc1cc(NC(C)=O)cc(C(=O)NCCc2c[nH]c3ccccc23)c1. The summed E-state index contributed by atoms with van der Waals surface area (Å²) in [5, 5.41) is 9.30. The molecular weight excluding hydrogens is 356 g/mol. The number of hydrogen-bond acceptors (Lipinski definition) is 3. The lowest BCUT2D eigenvalue weighted by atomic mass is 10.1. The summed E-state index contributed by atoms with van der Waals surface area (Å²) in [5.74, 6) is -0.796. The summed E-state index contributed by atoms with van der Waals surface area (Å²) in [6.07, 6.45) is 2.63. The van der Waals surface area contributed by atoms with Crippen LogP contribution in [0.25, 0.3) is 10.9 Å². The number of aromatic nitrogens is 1. The van der Waals surface area contributed by atoms with E-state index in [0.29, 0.717) is 29.9 Å². The van der Waals surface area contributed by atoms with E-state index >= 15 is 0 Å². The van der Waals surface area contributed by atoms with E-state index in [-0.39, 0.29) is 17.7 Å². The number of benzene rings is 2. The fraction of sp³-hybridized carbons (Fsp3) is 0.190. The van der Waals surface area contributed by atoms with Crippen LogP contribution in [-0.2, 0) is 16.0 Å². The van der Waals surface area contributed by atoms with Crippen molar-refractivity contribution in [3.05, 3.63) is 59.8 Å². The maximum atomic E-state index is 12.6. The Kier molecular flexibility index (Phi) is 5.74. The molecule has 144 valence electrons. The highest BCUT2D eigenvalue weighted by Crippen LogP contribution is 2.20. The summed E-state index contributed by atoms with van der Waals surface area (Å²) < 4.78 is 0. The van der Waals surface area contributed by atoms with Crippen LogP contribution in [0.15, 0.2) is 48.7 Å². The molecule has 0 unspecified atom stereocenters. The van der Waals surface area contributed by atoms with Crippen molar-refractivity contribution in [2.45, 2.75) is 20.3 Å². The first kappa shape index (κ1) is 19.2. The number of nitrogens with one attached hydrogen (secondary N) is 4. The van der Waals surface area contributed by atoms with Gasteiger partial charge in [-0.2, -0.15) is 0 Å².